The van der Waals surface area contributed by atoms with Crippen LogP contribution in [0.5, 0.6) is 0 Å². The van der Waals surface area contributed by atoms with E-state index in [1.54, 1.807) is 0 Å². The predicted octanol–water partition coefficient (Wildman–Crippen LogP) is 2.82. The number of ether oxygens (including phenoxy) is 1. The fourth-order valence-electron chi connectivity index (χ4n) is 1.22. The average molecular weight is 201 g/mol. The second-order valence-electron chi connectivity index (χ2n) is 5.58. The lowest BCUT2D eigenvalue weighted by Crippen LogP contribution is -2.40. The Morgan fingerprint density at radius 1 is 1.07 bits per heavy atom. The lowest BCUT2D eigenvalue weighted by atomic mass is 10.1. The molecule has 0 aromatic rings. The van der Waals surface area contributed by atoms with Crippen LogP contribution in [0.15, 0.2) is 0 Å². The Morgan fingerprint density at radius 3 is 1.86 bits per heavy atom. The first kappa shape index (κ1) is 13.9. The molecule has 0 saturated carbocycles. The molecule has 0 spiro atoms. The van der Waals surface area contributed by atoms with Crippen LogP contribution < -0.4 is 5.32 Å². The highest BCUT2D eigenvalue weighted by atomic mass is 16.5. The van der Waals surface area contributed by atoms with Crippen LogP contribution in [-0.2, 0) is 4.74 Å². The molecule has 0 aromatic carbocycles. The molecule has 0 heterocycles. The number of hydrogen-bond acceptors (Lipinski definition) is 2. The molecule has 0 aliphatic carbocycles. The minimum absolute atomic E-state index is 0.0480. The molecule has 0 amide bonds. The van der Waals surface area contributed by atoms with Crippen LogP contribution in [0.3, 0.4) is 0 Å². The zero-order chi connectivity index (χ0) is 11.4. The molecule has 1 unspecified atom stereocenters. The van der Waals surface area contributed by atoms with E-state index in [1.165, 1.54) is 0 Å². The van der Waals surface area contributed by atoms with E-state index in [1.807, 2.05) is 0 Å². The van der Waals surface area contributed by atoms with Crippen LogP contribution in [0.4, 0.5) is 0 Å². The van der Waals surface area contributed by atoms with Crippen molar-refractivity contribution < 1.29 is 4.74 Å². The first-order chi connectivity index (χ1) is 6.22. The molecule has 1 atom stereocenters. The van der Waals surface area contributed by atoms with Gasteiger partial charge in [0.25, 0.3) is 0 Å². The van der Waals surface area contributed by atoms with Crippen LogP contribution in [0, 0.1) is 5.92 Å². The Labute approximate surface area is 89.4 Å². The largest absolute Gasteiger partial charge is 0.371 e. The molecule has 2 heteroatoms. The Hall–Kier alpha value is -0.0800. The van der Waals surface area contributed by atoms with Gasteiger partial charge in [-0.25, -0.2) is 0 Å². The molecule has 0 aliphatic rings. The topological polar surface area (TPSA) is 21.3 Å². The van der Waals surface area contributed by atoms with E-state index in [0.717, 1.165) is 6.54 Å². The van der Waals surface area contributed by atoms with Crippen molar-refractivity contribution in [3.05, 3.63) is 0 Å². The molecular formula is C12H27NO. The zero-order valence-electron chi connectivity index (χ0n) is 10.8. The smallest absolute Gasteiger partial charge is 0.0729 e. The van der Waals surface area contributed by atoms with Crippen molar-refractivity contribution in [2.75, 3.05) is 6.54 Å². The van der Waals surface area contributed by atoms with Gasteiger partial charge in [0.2, 0.25) is 0 Å². The molecule has 14 heavy (non-hydrogen) atoms. The molecule has 0 saturated heterocycles. The van der Waals surface area contributed by atoms with Gasteiger partial charge in [0.1, 0.15) is 0 Å². The fraction of sp³-hybridized carbons (Fsp3) is 1.00. The summed E-state index contributed by atoms with van der Waals surface area (Å²) in [6.45, 7) is 16.0. The Bertz CT molecular complexity index is 147. The molecule has 86 valence electrons. The predicted molar refractivity (Wildman–Crippen MR) is 62.6 cm³/mol. The summed E-state index contributed by atoms with van der Waals surface area (Å²) >= 11 is 0. The van der Waals surface area contributed by atoms with Crippen molar-refractivity contribution in [2.24, 2.45) is 5.92 Å². The maximum Gasteiger partial charge on any atom is 0.0729 e. The fourth-order valence-corrected chi connectivity index (χ4v) is 1.22. The number of nitrogens with one attached hydrogen (secondary N) is 1. The molecule has 1 N–H and O–H groups in total. The summed E-state index contributed by atoms with van der Waals surface area (Å²) in [5, 5.41) is 3.42. The van der Waals surface area contributed by atoms with Gasteiger partial charge in [-0.1, -0.05) is 27.7 Å². The quantitative estimate of drug-likeness (QED) is 0.738. The second kappa shape index (κ2) is 5.72. The van der Waals surface area contributed by atoms with Gasteiger partial charge in [-0.15, -0.1) is 0 Å². The zero-order valence-corrected chi connectivity index (χ0v) is 10.8. The van der Waals surface area contributed by atoms with Crippen LogP contribution in [-0.4, -0.2) is 24.3 Å². The van der Waals surface area contributed by atoms with Gasteiger partial charge < -0.3 is 10.1 Å². The van der Waals surface area contributed by atoms with E-state index in [2.05, 4.69) is 53.8 Å². The molecule has 0 aliphatic heterocycles. The van der Waals surface area contributed by atoms with E-state index in [-0.39, 0.29) is 5.60 Å². The maximum atomic E-state index is 5.99. The van der Waals surface area contributed by atoms with Gasteiger partial charge in [0.05, 0.1) is 11.7 Å². The summed E-state index contributed by atoms with van der Waals surface area (Å²) in [5.41, 5.74) is -0.0480. The van der Waals surface area contributed by atoms with Crippen LogP contribution in [0.1, 0.15) is 48.5 Å². The lowest BCUT2D eigenvalue weighted by molar-refractivity contribution is -0.0780. The van der Waals surface area contributed by atoms with Crippen LogP contribution >= 0.6 is 0 Å². The summed E-state index contributed by atoms with van der Waals surface area (Å²) in [6, 6.07) is 0.528. The van der Waals surface area contributed by atoms with E-state index < -0.39 is 0 Å². The van der Waals surface area contributed by atoms with Crippen molar-refractivity contribution in [3.63, 3.8) is 0 Å². The Balaban J connectivity index is 4.03. The summed E-state index contributed by atoms with van der Waals surface area (Å²) < 4.78 is 5.99. The second-order valence-corrected chi connectivity index (χ2v) is 5.58. The summed E-state index contributed by atoms with van der Waals surface area (Å²) in [5.74, 6) is 0.556. The number of rotatable bonds is 5. The Morgan fingerprint density at radius 2 is 1.57 bits per heavy atom. The Kier molecular flexibility index (Phi) is 5.68. The highest BCUT2D eigenvalue weighted by molar-refractivity contribution is 4.72. The van der Waals surface area contributed by atoms with Crippen LogP contribution in [0.2, 0.25) is 0 Å². The van der Waals surface area contributed by atoms with Crippen LogP contribution in [0.25, 0.3) is 0 Å². The molecular weight excluding hydrogens is 174 g/mol. The molecule has 0 radical (unpaired) electrons. The molecule has 0 aromatic heterocycles. The third-order valence-electron chi connectivity index (χ3n) is 1.98. The highest BCUT2D eigenvalue weighted by Crippen LogP contribution is 2.16. The van der Waals surface area contributed by atoms with Gasteiger partial charge in [-0.3, -0.25) is 0 Å². The van der Waals surface area contributed by atoms with Gasteiger partial charge in [0, 0.05) is 12.6 Å². The summed E-state index contributed by atoms with van der Waals surface area (Å²) in [6.07, 6.45) is 0.303. The lowest BCUT2D eigenvalue weighted by Gasteiger charge is -2.31. The summed E-state index contributed by atoms with van der Waals surface area (Å²) in [7, 11) is 0. The van der Waals surface area contributed by atoms with Crippen molar-refractivity contribution in [3.8, 4) is 0 Å². The van der Waals surface area contributed by atoms with E-state index in [0.29, 0.717) is 18.1 Å². The monoisotopic (exact) mass is 201 g/mol. The van der Waals surface area contributed by atoms with Gasteiger partial charge in [0.15, 0.2) is 0 Å². The molecule has 2 nitrogen and oxygen atoms in total. The van der Waals surface area contributed by atoms with Crippen molar-refractivity contribution >= 4 is 0 Å². The standard InChI is InChI=1S/C12H27NO/c1-9(2)11(8-13-10(3)4)14-12(5,6)7/h9-11,13H,8H2,1-7H3. The van der Waals surface area contributed by atoms with E-state index >= 15 is 0 Å². The molecule has 0 fully saturated rings. The van der Waals surface area contributed by atoms with E-state index in [4.69, 9.17) is 4.74 Å². The summed E-state index contributed by atoms with van der Waals surface area (Å²) in [4.78, 5) is 0. The molecule has 0 rings (SSSR count). The third-order valence-corrected chi connectivity index (χ3v) is 1.98. The van der Waals surface area contributed by atoms with Crippen molar-refractivity contribution in [1.82, 2.24) is 5.32 Å². The van der Waals surface area contributed by atoms with Gasteiger partial charge in [-0.05, 0) is 26.7 Å². The minimum Gasteiger partial charge on any atom is -0.371 e. The van der Waals surface area contributed by atoms with Crippen molar-refractivity contribution in [2.45, 2.75) is 66.2 Å². The number of hydrogen-bond donors (Lipinski definition) is 1. The third kappa shape index (κ3) is 7.34. The average Bonchev–Trinajstić information content (AvgIpc) is 1.94. The first-order valence-electron chi connectivity index (χ1n) is 5.63. The van der Waals surface area contributed by atoms with Crippen molar-refractivity contribution in [1.29, 1.82) is 0 Å². The van der Waals surface area contributed by atoms with Gasteiger partial charge >= 0.3 is 0 Å². The molecule has 0 bridgehead atoms. The normalized spacial score (nSPS) is 15.2. The maximum absolute atomic E-state index is 5.99. The van der Waals surface area contributed by atoms with E-state index in [9.17, 15) is 0 Å². The SMILES string of the molecule is CC(C)NCC(OC(C)(C)C)C(C)C. The first-order valence-corrected chi connectivity index (χ1v) is 5.63. The van der Waals surface area contributed by atoms with Gasteiger partial charge in [-0.2, -0.15) is 0 Å². The highest BCUT2D eigenvalue weighted by Gasteiger charge is 2.21. The minimum atomic E-state index is -0.0480.